The number of piperidine rings is 1. The van der Waals surface area contributed by atoms with Crippen molar-refractivity contribution in [2.45, 2.75) is 32.6 Å². The van der Waals surface area contributed by atoms with Crippen LogP contribution in [0.3, 0.4) is 0 Å². The van der Waals surface area contributed by atoms with Gasteiger partial charge in [0.1, 0.15) is 5.82 Å². The van der Waals surface area contributed by atoms with Crippen molar-refractivity contribution in [2.75, 3.05) is 13.1 Å². The summed E-state index contributed by atoms with van der Waals surface area (Å²) >= 11 is 0. The van der Waals surface area contributed by atoms with E-state index in [1.54, 1.807) is 19.2 Å². The standard InChI is InChI=1S/C18H20N4O3/c1-11-20-16(13-3-5-22(6-4-13)12(2)23)8-17(21-11)14-7-15(18(24)25)10-19-9-14/h7-10,13H,3-6H2,1-2H3,(H,24,25). The van der Waals surface area contributed by atoms with Gasteiger partial charge in [-0.2, -0.15) is 0 Å². The van der Waals surface area contributed by atoms with Gasteiger partial charge in [0.2, 0.25) is 5.91 Å². The Morgan fingerprint density at radius 3 is 2.52 bits per heavy atom. The molecule has 0 unspecified atom stereocenters. The largest absolute Gasteiger partial charge is 0.478 e. The number of hydrogen-bond acceptors (Lipinski definition) is 5. The molecule has 0 aliphatic carbocycles. The summed E-state index contributed by atoms with van der Waals surface area (Å²) in [6.45, 7) is 4.88. The number of carbonyl (C=O) groups excluding carboxylic acids is 1. The third-order valence-electron chi connectivity index (χ3n) is 4.50. The molecule has 0 spiro atoms. The molecule has 0 saturated carbocycles. The van der Waals surface area contributed by atoms with Crippen molar-refractivity contribution in [2.24, 2.45) is 0 Å². The van der Waals surface area contributed by atoms with Gasteiger partial charge in [-0.05, 0) is 31.9 Å². The Morgan fingerprint density at radius 1 is 1.16 bits per heavy atom. The maximum Gasteiger partial charge on any atom is 0.337 e. The lowest BCUT2D eigenvalue weighted by Gasteiger charge is -2.31. The molecule has 7 nitrogen and oxygen atoms in total. The number of rotatable bonds is 3. The van der Waals surface area contributed by atoms with Gasteiger partial charge in [0.25, 0.3) is 0 Å². The molecule has 2 aromatic heterocycles. The maximum atomic E-state index is 11.5. The molecule has 1 aliphatic heterocycles. The molecular formula is C18H20N4O3. The van der Waals surface area contributed by atoms with Crippen molar-refractivity contribution >= 4 is 11.9 Å². The smallest absolute Gasteiger partial charge is 0.337 e. The number of aromatic nitrogens is 3. The van der Waals surface area contributed by atoms with Gasteiger partial charge in [-0.1, -0.05) is 0 Å². The first kappa shape index (κ1) is 17.0. The van der Waals surface area contributed by atoms with Gasteiger partial charge in [0.05, 0.1) is 11.3 Å². The lowest BCUT2D eigenvalue weighted by atomic mass is 9.92. The molecule has 2 aromatic rings. The fourth-order valence-electron chi connectivity index (χ4n) is 3.13. The van der Waals surface area contributed by atoms with E-state index >= 15 is 0 Å². The second kappa shape index (κ2) is 6.96. The Bertz CT molecular complexity index is 814. The van der Waals surface area contributed by atoms with Crippen molar-refractivity contribution < 1.29 is 14.7 Å². The molecule has 0 aromatic carbocycles. The number of carbonyl (C=O) groups is 2. The lowest BCUT2D eigenvalue weighted by Crippen LogP contribution is -2.36. The van der Waals surface area contributed by atoms with Crippen molar-refractivity contribution in [1.82, 2.24) is 19.9 Å². The minimum Gasteiger partial charge on any atom is -0.478 e. The molecule has 1 amide bonds. The first-order valence-corrected chi connectivity index (χ1v) is 8.24. The van der Waals surface area contributed by atoms with E-state index in [1.165, 1.54) is 6.20 Å². The normalized spacial score (nSPS) is 15.2. The monoisotopic (exact) mass is 340 g/mol. The zero-order valence-corrected chi connectivity index (χ0v) is 14.3. The molecule has 1 fully saturated rings. The summed E-state index contributed by atoms with van der Waals surface area (Å²) in [4.78, 5) is 37.5. The summed E-state index contributed by atoms with van der Waals surface area (Å²) in [5, 5.41) is 9.13. The van der Waals surface area contributed by atoms with Crippen LogP contribution >= 0.6 is 0 Å². The number of carboxylic acids is 1. The van der Waals surface area contributed by atoms with E-state index in [0.29, 0.717) is 17.1 Å². The molecule has 7 heteroatoms. The highest BCUT2D eigenvalue weighted by Gasteiger charge is 2.23. The molecule has 0 radical (unpaired) electrons. The van der Waals surface area contributed by atoms with Crippen molar-refractivity contribution in [3.8, 4) is 11.3 Å². The van der Waals surface area contributed by atoms with Crippen molar-refractivity contribution in [1.29, 1.82) is 0 Å². The molecule has 25 heavy (non-hydrogen) atoms. The maximum absolute atomic E-state index is 11.5. The molecule has 0 bridgehead atoms. The third kappa shape index (κ3) is 3.81. The molecule has 1 N–H and O–H groups in total. The van der Waals surface area contributed by atoms with Crippen LogP contribution in [0.25, 0.3) is 11.3 Å². The van der Waals surface area contributed by atoms with Gasteiger partial charge in [-0.3, -0.25) is 9.78 Å². The van der Waals surface area contributed by atoms with E-state index in [-0.39, 0.29) is 17.4 Å². The molecule has 0 atom stereocenters. The van der Waals surface area contributed by atoms with E-state index in [1.807, 2.05) is 17.9 Å². The SMILES string of the molecule is CC(=O)N1CCC(c2cc(-c3cncc(C(=O)O)c3)nc(C)n2)CC1. The van der Waals surface area contributed by atoms with Gasteiger partial charge in [-0.25, -0.2) is 14.8 Å². The summed E-state index contributed by atoms with van der Waals surface area (Å²) in [5.74, 6) is 0.000384. The number of likely N-dealkylation sites (tertiary alicyclic amines) is 1. The average Bonchev–Trinajstić information content (AvgIpc) is 2.61. The average molecular weight is 340 g/mol. The van der Waals surface area contributed by atoms with E-state index in [2.05, 4.69) is 15.0 Å². The van der Waals surface area contributed by atoms with Gasteiger partial charge in [0, 0.05) is 49.6 Å². The minimum absolute atomic E-state index is 0.106. The number of carboxylic acid groups (broad SMARTS) is 1. The molecule has 130 valence electrons. The van der Waals surface area contributed by atoms with E-state index in [4.69, 9.17) is 5.11 Å². The highest BCUT2D eigenvalue weighted by molar-refractivity contribution is 5.88. The summed E-state index contributed by atoms with van der Waals surface area (Å²) in [7, 11) is 0. The number of hydrogen-bond donors (Lipinski definition) is 1. The van der Waals surface area contributed by atoms with Gasteiger partial charge < -0.3 is 10.0 Å². The van der Waals surface area contributed by atoms with Crippen LogP contribution in [0.2, 0.25) is 0 Å². The van der Waals surface area contributed by atoms with Crippen LogP contribution in [0.1, 0.15) is 47.6 Å². The predicted molar refractivity (Wildman–Crippen MR) is 91.2 cm³/mol. The van der Waals surface area contributed by atoms with Crippen LogP contribution in [0, 0.1) is 6.92 Å². The number of amides is 1. The summed E-state index contributed by atoms with van der Waals surface area (Å²) < 4.78 is 0. The van der Waals surface area contributed by atoms with Crippen LogP contribution in [0.15, 0.2) is 24.5 Å². The first-order valence-electron chi connectivity index (χ1n) is 8.24. The Kier molecular flexibility index (Phi) is 4.74. The van der Waals surface area contributed by atoms with Crippen LogP contribution in [-0.2, 0) is 4.79 Å². The quantitative estimate of drug-likeness (QED) is 0.921. The van der Waals surface area contributed by atoms with E-state index in [0.717, 1.165) is 31.6 Å². The Morgan fingerprint density at radius 2 is 1.88 bits per heavy atom. The van der Waals surface area contributed by atoms with Crippen LogP contribution < -0.4 is 0 Å². The van der Waals surface area contributed by atoms with Crippen LogP contribution in [0.5, 0.6) is 0 Å². The first-order chi connectivity index (χ1) is 11.9. The molecular weight excluding hydrogens is 320 g/mol. The third-order valence-corrected chi connectivity index (χ3v) is 4.50. The summed E-state index contributed by atoms with van der Waals surface area (Å²) in [6.07, 6.45) is 4.65. The summed E-state index contributed by atoms with van der Waals surface area (Å²) in [6, 6.07) is 3.48. The predicted octanol–water partition coefficient (Wildman–Crippen LogP) is 2.27. The number of aryl methyl sites for hydroxylation is 1. The minimum atomic E-state index is -1.02. The fraction of sp³-hybridized carbons (Fsp3) is 0.389. The number of aromatic carboxylic acids is 1. The molecule has 1 aliphatic rings. The highest BCUT2D eigenvalue weighted by Crippen LogP contribution is 2.29. The number of pyridine rings is 1. The molecule has 3 rings (SSSR count). The van der Waals surface area contributed by atoms with Crippen LogP contribution in [0.4, 0.5) is 0 Å². The second-order valence-corrected chi connectivity index (χ2v) is 6.27. The Hall–Kier alpha value is -2.83. The Balaban J connectivity index is 1.88. The van der Waals surface area contributed by atoms with Crippen molar-refractivity contribution in [3.63, 3.8) is 0 Å². The molecule has 1 saturated heterocycles. The molecule has 3 heterocycles. The highest BCUT2D eigenvalue weighted by atomic mass is 16.4. The van der Waals surface area contributed by atoms with Gasteiger partial charge in [-0.15, -0.1) is 0 Å². The summed E-state index contributed by atoms with van der Waals surface area (Å²) in [5.41, 5.74) is 2.40. The fourth-order valence-corrected chi connectivity index (χ4v) is 3.13. The van der Waals surface area contributed by atoms with Crippen molar-refractivity contribution in [3.05, 3.63) is 41.6 Å². The van der Waals surface area contributed by atoms with Gasteiger partial charge >= 0.3 is 5.97 Å². The van der Waals surface area contributed by atoms with Crippen LogP contribution in [-0.4, -0.2) is 49.9 Å². The zero-order valence-electron chi connectivity index (χ0n) is 14.3. The topological polar surface area (TPSA) is 96.3 Å². The zero-order chi connectivity index (χ0) is 18.0. The lowest BCUT2D eigenvalue weighted by molar-refractivity contribution is -0.129. The number of nitrogens with zero attached hydrogens (tertiary/aromatic N) is 4. The Labute approximate surface area is 145 Å². The second-order valence-electron chi connectivity index (χ2n) is 6.27. The van der Waals surface area contributed by atoms with E-state index in [9.17, 15) is 9.59 Å². The van der Waals surface area contributed by atoms with Gasteiger partial charge in [0.15, 0.2) is 0 Å². The van der Waals surface area contributed by atoms with E-state index < -0.39 is 5.97 Å².